The zero-order valence-electron chi connectivity index (χ0n) is 10.8. The van der Waals surface area contributed by atoms with E-state index >= 15 is 0 Å². The molecule has 0 saturated heterocycles. The second kappa shape index (κ2) is 7.08. The first kappa shape index (κ1) is 14.6. The number of aliphatic hydroxyl groups is 1. The van der Waals surface area contributed by atoms with Gasteiger partial charge in [0.05, 0.1) is 4.92 Å². The van der Waals surface area contributed by atoms with Crippen LogP contribution in [0.4, 0.5) is 5.69 Å². The predicted molar refractivity (Wildman–Crippen MR) is 70.5 cm³/mol. The van der Waals surface area contributed by atoms with Crippen LogP contribution in [0.2, 0.25) is 0 Å². The summed E-state index contributed by atoms with van der Waals surface area (Å²) in [5, 5.41) is 23.0. The molecule has 1 atom stereocenters. The fourth-order valence-electron chi connectivity index (χ4n) is 1.83. The zero-order valence-corrected chi connectivity index (χ0v) is 10.8. The van der Waals surface area contributed by atoms with Gasteiger partial charge in [0.1, 0.15) is 0 Å². The monoisotopic (exact) mass is 252 g/mol. The quantitative estimate of drug-likeness (QED) is 0.576. The van der Waals surface area contributed by atoms with Gasteiger partial charge in [0, 0.05) is 30.8 Å². The van der Waals surface area contributed by atoms with Crippen molar-refractivity contribution in [2.45, 2.75) is 39.3 Å². The van der Waals surface area contributed by atoms with Crippen molar-refractivity contribution in [2.24, 2.45) is 0 Å². The molecule has 0 aliphatic heterocycles. The third-order valence-corrected chi connectivity index (χ3v) is 3.04. The lowest BCUT2D eigenvalue weighted by atomic mass is 10.1. The van der Waals surface area contributed by atoms with Crippen molar-refractivity contribution in [1.82, 2.24) is 5.32 Å². The average molecular weight is 252 g/mol. The van der Waals surface area contributed by atoms with Crippen molar-refractivity contribution >= 4 is 5.69 Å². The molecule has 1 rings (SSSR count). The first-order valence-electron chi connectivity index (χ1n) is 6.16. The Kier molecular flexibility index (Phi) is 5.74. The summed E-state index contributed by atoms with van der Waals surface area (Å²) in [5.74, 6) is 0. The summed E-state index contributed by atoms with van der Waals surface area (Å²) in [5.41, 5.74) is 1.72. The maximum atomic E-state index is 10.8. The SMILES string of the molecule is CCC(CCO)NCc1ccc(C)c([N+](=O)[O-])c1. The molecule has 0 aliphatic rings. The molecule has 0 fully saturated rings. The fraction of sp³-hybridized carbons (Fsp3) is 0.538. The Morgan fingerprint density at radius 2 is 2.22 bits per heavy atom. The number of benzene rings is 1. The van der Waals surface area contributed by atoms with Crippen molar-refractivity contribution in [2.75, 3.05) is 6.61 Å². The summed E-state index contributed by atoms with van der Waals surface area (Å²) >= 11 is 0. The number of nitro benzene ring substituents is 1. The molecule has 18 heavy (non-hydrogen) atoms. The van der Waals surface area contributed by atoms with Crippen molar-refractivity contribution in [3.8, 4) is 0 Å². The maximum absolute atomic E-state index is 10.8. The topological polar surface area (TPSA) is 75.4 Å². The van der Waals surface area contributed by atoms with Crippen LogP contribution in [-0.2, 0) is 6.54 Å². The molecule has 0 radical (unpaired) electrons. The molecule has 5 heteroatoms. The molecular weight excluding hydrogens is 232 g/mol. The Balaban J connectivity index is 2.67. The Morgan fingerprint density at radius 1 is 1.50 bits per heavy atom. The van der Waals surface area contributed by atoms with Crippen LogP contribution in [0.3, 0.4) is 0 Å². The van der Waals surface area contributed by atoms with Crippen molar-refractivity contribution in [3.05, 3.63) is 39.4 Å². The summed E-state index contributed by atoms with van der Waals surface area (Å²) in [4.78, 5) is 10.5. The van der Waals surface area contributed by atoms with Gasteiger partial charge in [0.2, 0.25) is 0 Å². The van der Waals surface area contributed by atoms with Crippen LogP contribution in [-0.4, -0.2) is 22.7 Å². The Morgan fingerprint density at radius 3 is 2.78 bits per heavy atom. The van der Waals surface area contributed by atoms with Gasteiger partial charge in [-0.05, 0) is 25.3 Å². The minimum Gasteiger partial charge on any atom is -0.396 e. The highest BCUT2D eigenvalue weighted by atomic mass is 16.6. The third kappa shape index (κ3) is 4.09. The van der Waals surface area contributed by atoms with E-state index in [0.29, 0.717) is 18.5 Å². The van der Waals surface area contributed by atoms with Gasteiger partial charge in [-0.25, -0.2) is 0 Å². The summed E-state index contributed by atoms with van der Waals surface area (Å²) in [6, 6.07) is 5.51. The molecule has 0 saturated carbocycles. The van der Waals surface area contributed by atoms with Crippen molar-refractivity contribution in [1.29, 1.82) is 0 Å². The van der Waals surface area contributed by atoms with Crippen molar-refractivity contribution in [3.63, 3.8) is 0 Å². The van der Waals surface area contributed by atoms with E-state index in [0.717, 1.165) is 12.0 Å². The molecule has 0 spiro atoms. The highest BCUT2D eigenvalue weighted by Gasteiger charge is 2.11. The fourth-order valence-corrected chi connectivity index (χ4v) is 1.83. The van der Waals surface area contributed by atoms with Crippen LogP contribution in [0.1, 0.15) is 30.9 Å². The highest BCUT2D eigenvalue weighted by Crippen LogP contribution is 2.19. The minimum atomic E-state index is -0.357. The number of hydrogen-bond donors (Lipinski definition) is 2. The molecule has 0 amide bonds. The normalized spacial score (nSPS) is 12.4. The maximum Gasteiger partial charge on any atom is 0.272 e. The number of hydrogen-bond acceptors (Lipinski definition) is 4. The summed E-state index contributed by atoms with van der Waals surface area (Å²) < 4.78 is 0. The molecule has 0 heterocycles. The largest absolute Gasteiger partial charge is 0.396 e. The van der Waals surface area contributed by atoms with Crippen LogP contribution >= 0.6 is 0 Å². The molecule has 0 bridgehead atoms. The highest BCUT2D eigenvalue weighted by molar-refractivity contribution is 5.42. The lowest BCUT2D eigenvalue weighted by Crippen LogP contribution is -2.28. The first-order chi connectivity index (χ1) is 8.58. The van der Waals surface area contributed by atoms with Crippen LogP contribution in [0, 0.1) is 17.0 Å². The minimum absolute atomic E-state index is 0.152. The Labute approximate surface area is 107 Å². The van der Waals surface area contributed by atoms with Gasteiger partial charge in [0.15, 0.2) is 0 Å². The molecular formula is C13H20N2O3. The summed E-state index contributed by atoms with van der Waals surface area (Å²) in [7, 11) is 0. The lowest BCUT2D eigenvalue weighted by molar-refractivity contribution is -0.385. The molecule has 0 aliphatic carbocycles. The second-order valence-corrected chi connectivity index (χ2v) is 4.38. The van der Waals surface area contributed by atoms with Gasteiger partial charge in [0.25, 0.3) is 5.69 Å². The van der Waals surface area contributed by atoms with Gasteiger partial charge < -0.3 is 10.4 Å². The van der Waals surface area contributed by atoms with Crippen LogP contribution < -0.4 is 5.32 Å². The third-order valence-electron chi connectivity index (χ3n) is 3.04. The van der Waals surface area contributed by atoms with E-state index in [1.807, 2.05) is 13.0 Å². The number of aryl methyl sites for hydroxylation is 1. The van der Waals surface area contributed by atoms with Gasteiger partial charge in [-0.15, -0.1) is 0 Å². The Bertz CT molecular complexity index is 407. The van der Waals surface area contributed by atoms with E-state index in [4.69, 9.17) is 5.11 Å². The number of nitro groups is 1. The van der Waals surface area contributed by atoms with Gasteiger partial charge in [-0.1, -0.05) is 19.1 Å². The molecule has 100 valence electrons. The molecule has 2 N–H and O–H groups in total. The van der Waals surface area contributed by atoms with E-state index in [1.54, 1.807) is 19.1 Å². The smallest absolute Gasteiger partial charge is 0.272 e. The van der Waals surface area contributed by atoms with E-state index in [9.17, 15) is 10.1 Å². The zero-order chi connectivity index (χ0) is 13.5. The molecule has 1 aromatic carbocycles. The van der Waals surface area contributed by atoms with Gasteiger partial charge in [-0.3, -0.25) is 10.1 Å². The standard InChI is InChI=1S/C13H20N2O3/c1-3-12(6-7-16)14-9-11-5-4-10(2)13(8-11)15(17)18/h4-5,8,12,14,16H,3,6-7,9H2,1-2H3. The van der Waals surface area contributed by atoms with E-state index in [-0.39, 0.29) is 23.3 Å². The van der Waals surface area contributed by atoms with E-state index in [2.05, 4.69) is 5.32 Å². The second-order valence-electron chi connectivity index (χ2n) is 4.38. The summed E-state index contributed by atoms with van der Waals surface area (Å²) in [6.07, 6.45) is 1.62. The van der Waals surface area contributed by atoms with Gasteiger partial charge in [-0.2, -0.15) is 0 Å². The first-order valence-corrected chi connectivity index (χ1v) is 6.16. The number of aliphatic hydroxyl groups excluding tert-OH is 1. The average Bonchev–Trinajstić information content (AvgIpc) is 2.35. The predicted octanol–water partition coefficient (Wildman–Crippen LogP) is 2.15. The molecule has 5 nitrogen and oxygen atoms in total. The molecule has 0 aromatic heterocycles. The Hall–Kier alpha value is -1.46. The van der Waals surface area contributed by atoms with E-state index in [1.165, 1.54) is 0 Å². The van der Waals surface area contributed by atoms with Crippen LogP contribution in [0.25, 0.3) is 0 Å². The van der Waals surface area contributed by atoms with Crippen LogP contribution in [0.15, 0.2) is 18.2 Å². The van der Waals surface area contributed by atoms with E-state index < -0.39 is 0 Å². The number of nitrogens with one attached hydrogen (secondary N) is 1. The number of nitrogens with zero attached hydrogens (tertiary/aromatic N) is 1. The summed E-state index contributed by atoms with van der Waals surface area (Å²) in [6.45, 7) is 4.51. The molecule has 1 unspecified atom stereocenters. The van der Waals surface area contributed by atoms with Crippen molar-refractivity contribution < 1.29 is 10.0 Å². The lowest BCUT2D eigenvalue weighted by Gasteiger charge is -2.15. The number of rotatable bonds is 7. The molecule has 1 aromatic rings. The van der Waals surface area contributed by atoms with Gasteiger partial charge >= 0.3 is 0 Å². The van der Waals surface area contributed by atoms with Crippen LogP contribution in [0.5, 0.6) is 0 Å².